The van der Waals surface area contributed by atoms with Crippen LogP contribution >= 0.6 is 11.6 Å². The molecule has 14 heteroatoms. The minimum absolute atomic E-state index is 0.105. The zero-order valence-electron chi connectivity index (χ0n) is 25.4. The summed E-state index contributed by atoms with van der Waals surface area (Å²) in [5, 5.41) is 7.68. The molecule has 6 heterocycles. The van der Waals surface area contributed by atoms with Crippen molar-refractivity contribution in [3.8, 4) is 23.0 Å². The van der Waals surface area contributed by atoms with Crippen molar-refractivity contribution in [3.05, 3.63) is 82.3 Å². The number of nitrogens with one attached hydrogen (secondary N) is 1. The summed E-state index contributed by atoms with van der Waals surface area (Å²) in [6, 6.07) is 12.1. The second-order valence-corrected chi connectivity index (χ2v) is 12.8. The molecule has 1 N–H and O–H groups in total. The van der Waals surface area contributed by atoms with Crippen LogP contribution in [-0.2, 0) is 23.6 Å². The summed E-state index contributed by atoms with van der Waals surface area (Å²) in [5.41, 5.74) is 3.28. The van der Waals surface area contributed by atoms with Crippen molar-refractivity contribution in [1.29, 1.82) is 0 Å². The van der Waals surface area contributed by atoms with Gasteiger partial charge in [-0.05, 0) is 68.6 Å². The summed E-state index contributed by atoms with van der Waals surface area (Å²) in [6.45, 7) is 5.41. The van der Waals surface area contributed by atoms with Crippen molar-refractivity contribution in [2.24, 2.45) is 0 Å². The summed E-state index contributed by atoms with van der Waals surface area (Å²) in [5.74, 6) is 0.255. The number of benzene rings is 2. The third-order valence-electron chi connectivity index (χ3n) is 9.27. The second kappa shape index (κ2) is 11.8. The van der Waals surface area contributed by atoms with E-state index in [1.807, 2.05) is 12.1 Å². The average molecular weight is 666 g/mol. The molecule has 2 atom stereocenters. The standard InChI is InChI=1S/C33H31ClF3N7O3/c1-33(22-6-5-19(34)13-23(22)35)46-27-4-2-3-21(29(27)47-33)18-7-10-43(11-8-18)17-28-39-24-14-25(31-40-32(30(36)37)42-41-31)38-15-26(24)44(28)16-20-9-12-45-20/h2-6,13-15,18,20,30H,7-12,16-17H2,1H3,(H,40,41,42)/t20-,33?/m0/s1. The Morgan fingerprint density at radius 1 is 1.09 bits per heavy atom. The van der Waals surface area contributed by atoms with Gasteiger partial charge in [-0.2, -0.15) is 0 Å². The summed E-state index contributed by atoms with van der Waals surface area (Å²) in [6.07, 6.45) is 1.82. The molecule has 8 rings (SSSR count). The maximum atomic E-state index is 14.9. The monoisotopic (exact) mass is 665 g/mol. The van der Waals surface area contributed by atoms with Crippen LogP contribution in [0.5, 0.6) is 11.5 Å². The smallest absolute Gasteiger partial charge is 0.297 e. The molecule has 2 saturated heterocycles. The normalized spacial score (nSPS) is 21.5. The molecule has 0 bridgehead atoms. The Bertz CT molecular complexity index is 1960. The Balaban J connectivity index is 0.997. The number of H-pyrrole nitrogens is 1. The molecule has 0 amide bonds. The number of imidazole rings is 1. The molecule has 0 spiro atoms. The van der Waals surface area contributed by atoms with Gasteiger partial charge in [0.15, 0.2) is 23.1 Å². The lowest BCUT2D eigenvalue weighted by molar-refractivity contribution is -0.0712. The van der Waals surface area contributed by atoms with Crippen LogP contribution < -0.4 is 9.47 Å². The van der Waals surface area contributed by atoms with Crippen molar-refractivity contribution < 1.29 is 27.4 Å². The Kier molecular flexibility index (Phi) is 7.57. The number of halogens is 4. The van der Waals surface area contributed by atoms with Crippen LogP contribution in [0.1, 0.15) is 61.3 Å². The third kappa shape index (κ3) is 5.59. The maximum absolute atomic E-state index is 14.9. The molecule has 3 aliphatic heterocycles. The number of hydrogen-bond acceptors (Lipinski definition) is 8. The number of piperidine rings is 1. The van der Waals surface area contributed by atoms with Crippen LogP contribution in [0.4, 0.5) is 13.2 Å². The van der Waals surface area contributed by atoms with E-state index >= 15 is 0 Å². The molecule has 2 aromatic carbocycles. The van der Waals surface area contributed by atoms with Gasteiger partial charge in [-0.1, -0.05) is 23.7 Å². The van der Waals surface area contributed by atoms with Crippen molar-refractivity contribution in [2.75, 3.05) is 19.7 Å². The van der Waals surface area contributed by atoms with Gasteiger partial charge in [-0.3, -0.25) is 9.88 Å². The van der Waals surface area contributed by atoms with Gasteiger partial charge in [0.1, 0.15) is 17.3 Å². The number of fused-ring (bicyclic) bond motifs is 2. The molecule has 3 aromatic heterocycles. The van der Waals surface area contributed by atoms with E-state index in [2.05, 4.69) is 35.7 Å². The number of para-hydroxylation sites is 1. The number of nitrogens with zero attached hydrogens (tertiary/aromatic N) is 6. The molecule has 47 heavy (non-hydrogen) atoms. The number of aromatic nitrogens is 6. The van der Waals surface area contributed by atoms with Gasteiger partial charge >= 0.3 is 0 Å². The predicted octanol–water partition coefficient (Wildman–Crippen LogP) is 6.76. The van der Waals surface area contributed by atoms with Gasteiger partial charge in [0.25, 0.3) is 12.2 Å². The van der Waals surface area contributed by atoms with Gasteiger partial charge in [-0.25, -0.2) is 18.2 Å². The quantitative estimate of drug-likeness (QED) is 0.194. The first kappa shape index (κ1) is 30.2. The Labute approximate surface area is 272 Å². The Morgan fingerprint density at radius 2 is 1.91 bits per heavy atom. The van der Waals surface area contributed by atoms with Crippen LogP contribution in [0, 0.1) is 5.82 Å². The van der Waals surface area contributed by atoms with Gasteiger partial charge in [0.05, 0.1) is 42.0 Å². The lowest BCUT2D eigenvalue weighted by Gasteiger charge is -2.33. The van der Waals surface area contributed by atoms with E-state index < -0.39 is 23.9 Å². The number of alkyl halides is 2. The molecule has 2 fully saturated rings. The fourth-order valence-electron chi connectivity index (χ4n) is 6.69. The highest BCUT2D eigenvalue weighted by molar-refractivity contribution is 6.30. The van der Waals surface area contributed by atoms with E-state index in [9.17, 15) is 13.2 Å². The van der Waals surface area contributed by atoms with Crippen LogP contribution in [0.2, 0.25) is 5.02 Å². The van der Waals surface area contributed by atoms with Crippen LogP contribution in [0.3, 0.4) is 0 Å². The summed E-state index contributed by atoms with van der Waals surface area (Å²) in [4.78, 5) is 14.4. The van der Waals surface area contributed by atoms with Gasteiger partial charge in [-0.15, -0.1) is 10.2 Å². The largest absolute Gasteiger partial charge is 0.444 e. The van der Waals surface area contributed by atoms with Crippen molar-refractivity contribution in [2.45, 2.75) is 63.5 Å². The SMILES string of the molecule is CC1(c2ccc(Cl)cc2F)Oc2cccc(C3CCN(Cc4nc5cc(-c6nnc(C(F)F)[nH]6)ncc5n4C[C@@H]4CCO4)CC3)c2O1. The fraction of sp³-hybridized carbons (Fsp3) is 0.394. The zero-order chi connectivity index (χ0) is 32.3. The van der Waals surface area contributed by atoms with Gasteiger partial charge in [0, 0.05) is 24.1 Å². The second-order valence-electron chi connectivity index (χ2n) is 12.3. The highest BCUT2D eigenvalue weighted by Crippen LogP contribution is 2.50. The summed E-state index contributed by atoms with van der Waals surface area (Å²) >= 11 is 5.98. The molecule has 3 aliphatic rings. The molecule has 0 aliphatic carbocycles. The fourth-order valence-corrected chi connectivity index (χ4v) is 6.85. The summed E-state index contributed by atoms with van der Waals surface area (Å²) < 4.78 is 61.5. The molecule has 0 radical (unpaired) electrons. The minimum atomic E-state index is -2.75. The number of rotatable bonds is 8. The molecular formula is C33H31ClF3N7O3. The topological polar surface area (TPSA) is 103 Å². The highest BCUT2D eigenvalue weighted by Gasteiger charge is 2.43. The number of pyridine rings is 1. The average Bonchev–Trinajstić information content (AvgIpc) is 3.74. The molecule has 0 saturated carbocycles. The number of ether oxygens (including phenoxy) is 3. The maximum Gasteiger partial charge on any atom is 0.297 e. The van der Waals surface area contributed by atoms with Crippen molar-refractivity contribution >= 4 is 22.6 Å². The highest BCUT2D eigenvalue weighted by atomic mass is 35.5. The van der Waals surface area contributed by atoms with Crippen molar-refractivity contribution in [3.63, 3.8) is 0 Å². The Hall–Kier alpha value is -4.20. The van der Waals surface area contributed by atoms with E-state index in [0.29, 0.717) is 40.8 Å². The van der Waals surface area contributed by atoms with Crippen LogP contribution in [0.25, 0.3) is 22.6 Å². The molecule has 5 aromatic rings. The number of likely N-dealkylation sites (tertiary alicyclic amines) is 1. The lowest BCUT2D eigenvalue weighted by Crippen LogP contribution is -2.35. The van der Waals surface area contributed by atoms with Crippen LogP contribution in [-0.4, -0.2) is 60.4 Å². The molecule has 1 unspecified atom stereocenters. The van der Waals surface area contributed by atoms with Gasteiger partial charge < -0.3 is 23.8 Å². The number of hydrogen-bond donors (Lipinski definition) is 1. The van der Waals surface area contributed by atoms with Crippen LogP contribution in [0.15, 0.2) is 48.7 Å². The van der Waals surface area contributed by atoms with E-state index in [-0.39, 0.29) is 23.4 Å². The summed E-state index contributed by atoms with van der Waals surface area (Å²) in [7, 11) is 0. The van der Waals surface area contributed by atoms with E-state index in [0.717, 1.165) is 55.9 Å². The predicted molar refractivity (Wildman–Crippen MR) is 166 cm³/mol. The molecule has 244 valence electrons. The first-order chi connectivity index (χ1) is 22.7. The third-order valence-corrected chi connectivity index (χ3v) is 9.51. The first-order valence-electron chi connectivity index (χ1n) is 15.6. The Morgan fingerprint density at radius 3 is 2.64 bits per heavy atom. The van der Waals surface area contributed by atoms with Gasteiger partial charge in [0.2, 0.25) is 0 Å². The first-order valence-corrected chi connectivity index (χ1v) is 16.0. The molecule has 10 nitrogen and oxygen atoms in total. The molecular weight excluding hydrogens is 635 g/mol. The lowest BCUT2D eigenvalue weighted by atomic mass is 9.88. The zero-order valence-corrected chi connectivity index (χ0v) is 26.2. The van der Waals surface area contributed by atoms with E-state index in [4.69, 9.17) is 30.8 Å². The van der Waals surface area contributed by atoms with E-state index in [1.54, 1.807) is 31.3 Å². The number of aromatic amines is 1. The minimum Gasteiger partial charge on any atom is -0.444 e. The van der Waals surface area contributed by atoms with Crippen molar-refractivity contribution in [1.82, 2.24) is 34.6 Å². The van der Waals surface area contributed by atoms with E-state index in [1.165, 1.54) is 6.07 Å².